The Morgan fingerprint density at radius 3 is 2.42 bits per heavy atom. The highest BCUT2D eigenvalue weighted by molar-refractivity contribution is 5.97. The minimum Gasteiger partial charge on any atom is -0.489 e. The van der Waals surface area contributed by atoms with Gasteiger partial charge in [0.2, 0.25) is 5.75 Å². The van der Waals surface area contributed by atoms with Crippen LogP contribution in [0.1, 0.15) is 63.7 Å². The SMILES string of the molecule is CCC=CCCOc1c(OC(=O)c2ccccc2)c2c(OCC=C(C)CCC=C(C)C)cccc2oc1=O. The average Bonchev–Trinajstić information content (AvgIpc) is 2.90. The number of hydrogen-bond donors (Lipinski definition) is 0. The third-order valence-corrected chi connectivity index (χ3v) is 5.71. The minimum absolute atomic E-state index is 0.00978. The Morgan fingerprint density at radius 1 is 0.895 bits per heavy atom. The minimum atomic E-state index is -0.722. The smallest absolute Gasteiger partial charge is 0.383 e. The van der Waals surface area contributed by atoms with Gasteiger partial charge in [0.05, 0.1) is 12.2 Å². The number of carbonyl (C=O) groups excluding carboxylic acids is 1. The van der Waals surface area contributed by atoms with E-state index in [4.69, 9.17) is 18.6 Å². The third kappa shape index (κ3) is 8.23. The molecule has 0 spiro atoms. The molecule has 3 rings (SSSR count). The summed E-state index contributed by atoms with van der Waals surface area (Å²) in [5.74, 6) is -0.357. The number of ether oxygens (including phenoxy) is 3. The molecule has 0 aliphatic carbocycles. The first-order valence-electron chi connectivity index (χ1n) is 13.0. The number of esters is 1. The summed E-state index contributed by atoms with van der Waals surface area (Å²) in [4.78, 5) is 25.9. The van der Waals surface area contributed by atoms with Crippen LogP contribution < -0.4 is 19.8 Å². The van der Waals surface area contributed by atoms with Gasteiger partial charge in [-0.3, -0.25) is 0 Å². The van der Waals surface area contributed by atoms with E-state index in [0.717, 1.165) is 19.3 Å². The Labute approximate surface area is 224 Å². The van der Waals surface area contributed by atoms with Gasteiger partial charge in [-0.15, -0.1) is 0 Å². The van der Waals surface area contributed by atoms with E-state index >= 15 is 0 Å². The molecule has 1 aromatic heterocycles. The van der Waals surface area contributed by atoms with Crippen molar-refractivity contribution in [1.29, 1.82) is 0 Å². The normalized spacial score (nSPS) is 11.5. The van der Waals surface area contributed by atoms with E-state index in [-0.39, 0.29) is 23.7 Å². The van der Waals surface area contributed by atoms with E-state index in [0.29, 0.717) is 29.7 Å². The maximum atomic E-state index is 13.0. The summed E-state index contributed by atoms with van der Waals surface area (Å²) in [6, 6.07) is 13.7. The van der Waals surface area contributed by atoms with Crippen LogP contribution in [0.15, 0.2) is 93.2 Å². The first-order valence-corrected chi connectivity index (χ1v) is 13.0. The zero-order valence-corrected chi connectivity index (χ0v) is 22.6. The summed E-state index contributed by atoms with van der Waals surface area (Å²) in [5, 5.41) is 0.367. The molecule has 0 saturated carbocycles. The van der Waals surface area contributed by atoms with Crippen molar-refractivity contribution in [2.45, 2.75) is 53.4 Å². The van der Waals surface area contributed by atoms with Gasteiger partial charge in [-0.05, 0) is 76.8 Å². The van der Waals surface area contributed by atoms with Gasteiger partial charge in [0, 0.05) is 0 Å². The van der Waals surface area contributed by atoms with Crippen LogP contribution in [-0.4, -0.2) is 19.2 Å². The second-order valence-corrected chi connectivity index (χ2v) is 9.13. The van der Waals surface area contributed by atoms with Crippen LogP contribution in [0.2, 0.25) is 0 Å². The van der Waals surface area contributed by atoms with Crippen LogP contribution in [-0.2, 0) is 0 Å². The number of rotatable bonds is 13. The van der Waals surface area contributed by atoms with Crippen LogP contribution in [0.3, 0.4) is 0 Å². The van der Waals surface area contributed by atoms with E-state index in [1.165, 1.54) is 11.1 Å². The van der Waals surface area contributed by atoms with Crippen molar-refractivity contribution < 1.29 is 23.4 Å². The lowest BCUT2D eigenvalue weighted by Gasteiger charge is -2.15. The third-order valence-electron chi connectivity index (χ3n) is 5.71. The molecule has 200 valence electrons. The van der Waals surface area contributed by atoms with Crippen LogP contribution >= 0.6 is 0 Å². The van der Waals surface area contributed by atoms with Crippen molar-refractivity contribution in [3.63, 3.8) is 0 Å². The van der Waals surface area contributed by atoms with Crippen molar-refractivity contribution >= 4 is 16.9 Å². The maximum Gasteiger partial charge on any atom is 0.383 e. The fourth-order valence-corrected chi connectivity index (χ4v) is 3.72. The zero-order chi connectivity index (χ0) is 27.3. The van der Waals surface area contributed by atoms with Gasteiger partial charge < -0.3 is 18.6 Å². The summed E-state index contributed by atoms with van der Waals surface area (Å²) < 4.78 is 23.3. The largest absolute Gasteiger partial charge is 0.489 e. The predicted octanol–water partition coefficient (Wildman–Crippen LogP) is 7.82. The molecule has 6 heteroatoms. The van der Waals surface area contributed by atoms with Gasteiger partial charge in [0.1, 0.15) is 23.3 Å². The summed E-state index contributed by atoms with van der Waals surface area (Å²) in [6.07, 6.45) is 11.6. The molecule has 6 nitrogen and oxygen atoms in total. The predicted molar refractivity (Wildman–Crippen MR) is 151 cm³/mol. The van der Waals surface area contributed by atoms with Crippen LogP contribution in [0.25, 0.3) is 11.0 Å². The summed E-state index contributed by atoms with van der Waals surface area (Å²) in [6.45, 7) is 8.81. The Morgan fingerprint density at radius 2 is 1.68 bits per heavy atom. The molecule has 0 unspecified atom stereocenters. The molecule has 0 atom stereocenters. The highest BCUT2D eigenvalue weighted by Crippen LogP contribution is 2.39. The lowest BCUT2D eigenvalue weighted by molar-refractivity contribution is 0.0729. The molecule has 0 aliphatic rings. The molecule has 0 radical (unpaired) electrons. The van der Waals surface area contributed by atoms with E-state index in [2.05, 4.69) is 26.8 Å². The summed E-state index contributed by atoms with van der Waals surface area (Å²) in [7, 11) is 0. The van der Waals surface area contributed by atoms with E-state index in [1.807, 2.05) is 31.2 Å². The standard InChI is InChI=1S/C32H36O6/c1-5-6-7-11-21-36-30-29(38-31(33)25-16-9-8-10-17-25)28-26(18-13-19-27(28)37-32(30)34)35-22-20-24(4)15-12-14-23(2)3/h6-10,13-14,16-20H,5,11-12,15,21-22H2,1-4H3. The molecule has 0 aliphatic heterocycles. The molecule has 0 fully saturated rings. The van der Waals surface area contributed by atoms with Crippen molar-refractivity contribution in [3.05, 3.63) is 100.0 Å². The van der Waals surface area contributed by atoms with E-state index in [1.54, 1.807) is 42.5 Å². The lowest BCUT2D eigenvalue weighted by atomic mass is 10.1. The number of hydrogen-bond acceptors (Lipinski definition) is 6. The Hall–Kier alpha value is -4.06. The van der Waals surface area contributed by atoms with Gasteiger partial charge in [0.15, 0.2) is 5.75 Å². The first kappa shape index (κ1) is 28.5. The monoisotopic (exact) mass is 516 g/mol. The van der Waals surface area contributed by atoms with E-state index < -0.39 is 11.6 Å². The van der Waals surface area contributed by atoms with Gasteiger partial charge >= 0.3 is 11.6 Å². The van der Waals surface area contributed by atoms with Crippen molar-refractivity contribution in [1.82, 2.24) is 0 Å². The molecule has 0 amide bonds. The number of allylic oxidation sites excluding steroid dienone is 4. The second kappa shape index (κ2) is 14.6. The van der Waals surface area contributed by atoms with Gasteiger partial charge in [-0.1, -0.05) is 60.6 Å². The topological polar surface area (TPSA) is 75.0 Å². The second-order valence-electron chi connectivity index (χ2n) is 9.13. The van der Waals surface area contributed by atoms with Crippen molar-refractivity contribution in [3.8, 4) is 17.2 Å². The summed E-state index contributed by atoms with van der Waals surface area (Å²) >= 11 is 0. The molecule has 0 bridgehead atoms. The van der Waals surface area contributed by atoms with Gasteiger partial charge in [-0.25, -0.2) is 9.59 Å². The van der Waals surface area contributed by atoms with Crippen LogP contribution in [0, 0.1) is 0 Å². The number of carbonyl (C=O) groups is 1. The number of benzene rings is 2. The Bertz CT molecular complexity index is 1360. The average molecular weight is 517 g/mol. The van der Waals surface area contributed by atoms with Gasteiger partial charge in [0.25, 0.3) is 0 Å². The van der Waals surface area contributed by atoms with Gasteiger partial charge in [-0.2, -0.15) is 0 Å². The molecule has 2 aromatic carbocycles. The summed E-state index contributed by atoms with van der Waals surface area (Å²) in [5.41, 5.74) is 2.36. The fourth-order valence-electron chi connectivity index (χ4n) is 3.72. The van der Waals surface area contributed by atoms with Crippen LogP contribution in [0.5, 0.6) is 17.2 Å². The fraction of sp³-hybridized carbons (Fsp3) is 0.312. The molecule has 1 heterocycles. The molecule has 3 aromatic rings. The van der Waals surface area contributed by atoms with E-state index in [9.17, 15) is 9.59 Å². The molecule has 0 N–H and O–H groups in total. The highest BCUT2D eigenvalue weighted by Gasteiger charge is 2.24. The Balaban J connectivity index is 1.96. The number of fused-ring (bicyclic) bond motifs is 1. The van der Waals surface area contributed by atoms with Crippen LogP contribution in [0.4, 0.5) is 0 Å². The van der Waals surface area contributed by atoms with Crippen molar-refractivity contribution in [2.75, 3.05) is 13.2 Å². The molecule has 0 saturated heterocycles. The zero-order valence-electron chi connectivity index (χ0n) is 22.6. The highest BCUT2D eigenvalue weighted by atomic mass is 16.6. The first-order chi connectivity index (χ1) is 18.4. The van der Waals surface area contributed by atoms with Crippen molar-refractivity contribution in [2.24, 2.45) is 0 Å². The Kier molecular flexibility index (Phi) is 11.0. The molecular weight excluding hydrogens is 480 g/mol. The lowest BCUT2D eigenvalue weighted by Crippen LogP contribution is -2.15. The molecule has 38 heavy (non-hydrogen) atoms. The maximum absolute atomic E-state index is 13.0. The quantitative estimate of drug-likeness (QED) is 0.0998. The molecular formula is C32H36O6.